The monoisotopic (exact) mass is 209 g/mol. The van der Waals surface area contributed by atoms with Gasteiger partial charge in [0.05, 0.1) is 12.6 Å². The number of hydrogen-bond donors (Lipinski definition) is 0. The molecule has 1 aliphatic heterocycles. The van der Waals surface area contributed by atoms with E-state index in [2.05, 4.69) is 26.8 Å². The lowest BCUT2D eigenvalue weighted by Crippen LogP contribution is -2.55. The number of carbonyl (C=O) groups is 1. The lowest BCUT2D eigenvalue weighted by atomic mass is 10.1. The molecule has 1 fully saturated rings. The molecular formula is C11H19N3O. The zero-order valence-corrected chi connectivity index (χ0v) is 9.73. The smallest absolute Gasteiger partial charge is 0.135 e. The molecule has 0 N–H and O–H groups in total. The molecule has 15 heavy (non-hydrogen) atoms. The molecule has 1 rings (SSSR count). The highest BCUT2D eigenvalue weighted by Crippen LogP contribution is 2.24. The molecule has 0 saturated carbocycles. The Labute approximate surface area is 91.4 Å². The molecule has 4 nitrogen and oxygen atoms in total. The van der Waals surface area contributed by atoms with Crippen LogP contribution in [0.15, 0.2) is 0 Å². The van der Waals surface area contributed by atoms with Crippen LogP contribution < -0.4 is 0 Å². The maximum atomic E-state index is 10.7. The second kappa shape index (κ2) is 4.73. The molecule has 0 amide bonds. The second-order valence-corrected chi connectivity index (χ2v) is 4.87. The van der Waals surface area contributed by atoms with E-state index < -0.39 is 0 Å². The van der Waals surface area contributed by atoms with E-state index in [0.29, 0.717) is 6.54 Å². The third kappa shape index (κ3) is 2.77. The van der Waals surface area contributed by atoms with Gasteiger partial charge in [0.15, 0.2) is 0 Å². The highest BCUT2D eigenvalue weighted by atomic mass is 16.1. The Bertz CT molecular complexity index is 264. The third-order valence-electron chi connectivity index (χ3n) is 2.71. The highest BCUT2D eigenvalue weighted by Gasteiger charge is 2.34. The fourth-order valence-corrected chi connectivity index (χ4v) is 2.01. The van der Waals surface area contributed by atoms with Gasteiger partial charge in [0, 0.05) is 12.1 Å². The van der Waals surface area contributed by atoms with Crippen LogP contribution in [0, 0.1) is 11.3 Å². The maximum Gasteiger partial charge on any atom is 0.135 e. The zero-order chi connectivity index (χ0) is 11.5. The van der Waals surface area contributed by atoms with Gasteiger partial charge in [-0.2, -0.15) is 5.26 Å². The average Bonchev–Trinajstić information content (AvgIpc) is 2.59. The summed E-state index contributed by atoms with van der Waals surface area (Å²) in [6.07, 6.45) is 2.84. The Balaban J connectivity index is 2.80. The van der Waals surface area contributed by atoms with E-state index >= 15 is 0 Å². The summed E-state index contributed by atoms with van der Waals surface area (Å²) in [5.74, 6) is 0. The first-order valence-electron chi connectivity index (χ1n) is 5.38. The van der Waals surface area contributed by atoms with E-state index in [1.54, 1.807) is 0 Å². The van der Waals surface area contributed by atoms with Gasteiger partial charge in [0.1, 0.15) is 12.3 Å². The van der Waals surface area contributed by atoms with Crippen molar-refractivity contribution in [3.05, 3.63) is 0 Å². The first-order valence-corrected chi connectivity index (χ1v) is 5.38. The van der Waals surface area contributed by atoms with Gasteiger partial charge < -0.3 is 4.79 Å². The van der Waals surface area contributed by atoms with Crippen LogP contribution in [-0.4, -0.2) is 41.0 Å². The van der Waals surface area contributed by atoms with Crippen LogP contribution in [0.3, 0.4) is 0 Å². The van der Waals surface area contributed by atoms with Gasteiger partial charge in [0.2, 0.25) is 0 Å². The number of hydrogen-bond acceptors (Lipinski definition) is 4. The number of aldehydes is 1. The Morgan fingerprint density at radius 2 is 2.27 bits per heavy atom. The van der Waals surface area contributed by atoms with Crippen molar-refractivity contribution in [1.82, 2.24) is 10.0 Å². The SMILES string of the molecule is CC(C)(C)N(CC=O)N1CCC[C@H]1C#N. The van der Waals surface area contributed by atoms with Gasteiger partial charge in [-0.3, -0.25) is 0 Å². The fraction of sp³-hybridized carbons (Fsp3) is 0.818. The minimum Gasteiger partial charge on any atom is -0.302 e. The summed E-state index contributed by atoms with van der Waals surface area (Å²) < 4.78 is 0. The Hall–Kier alpha value is -0.920. The first-order chi connectivity index (χ1) is 7.00. The molecule has 1 aliphatic rings. The van der Waals surface area contributed by atoms with Crippen molar-refractivity contribution in [2.45, 2.75) is 45.2 Å². The van der Waals surface area contributed by atoms with E-state index in [0.717, 1.165) is 25.7 Å². The standard InChI is InChI=1S/C11H19N3O/c1-11(2,3)14(7-8-15)13-6-4-5-10(13)9-12/h8,10H,4-7H2,1-3H3/t10-/m0/s1. The van der Waals surface area contributed by atoms with Gasteiger partial charge in [-0.1, -0.05) is 0 Å². The summed E-state index contributed by atoms with van der Waals surface area (Å²) in [6, 6.07) is 2.23. The van der Waals surface area contributed by atoms with E-state index in [4.69, 9.17) is 5.26 Å². The van der Waals surface area contributed by atoms with Gasteiger partial charge in [0.25, 0.3) is 0 Å². The molecular weight excluding hydrogens is 190 g/mol. The summed E-state index contributed by atoms with van der Waals surface area (Å²) in [6.45, 7) is 7.42. The number of hydrazine groups is 1. The van der Waals surface area contributed by atoms with Crippen LogP contribution in [-0.2, 0) is 4.79 Å². The largest absolute Gasteiger partial charge is 0.302 e. The predicted molar refractivity (Wildman–Crippen MR) is 57.9 cm³/mol. The summed E-state index contributed by atoms with van der Waals surface area (Å²) in [5.41, 5.74) is -0.111. The molecule has 0 aromatic heterocycles. The molecule has 1 atom stereocenters. The van der Waals surface area contributed by atoms with Crippen molar-refractivity contribution in [3.8, 4) is 6.07 Å². The van der Waals surface area contributed by atoms with Crippen LogP contribution in [0.4, 0.5) is 0 Å². The number of carbonyl (C=O) groups excluding carboxylic acids is 1. The second-order valence-electron chi connectivity index (χ2n) is 4.87. The molecule has 0 aliphatic carbocycles. The van der Waals surface area contributed by atoms with Crippen LogP contribution in [0.5, 0.6) is 0 Å². The Kier molecular flexibility index (Phi) is 3.83. The van der Waals surface area contributed by atoms with Crippen molar-refractivity contribution >= 4 is 6.29 Å². The summed E-state index contributed by atoms with van der Waals surface area (Å²) in [7, 11) is 0. The fourth-order valence-electron chi connectivity index (χ4n) is 2.01. The minimum atomic E-state index is -0.111. The molecule has 0 aromatic carbocycles. The van der Waals surface area contributed by atoms with Gasteiger partial charge in [-0.15, -0.1) is 0 Å². The predicted octanol–water partition coefficient (Wildman–Crippen LogP) is 1.19. The molecule has 0 spiro atoms. The van der Waals surface area contributed by atoms with Gasteiger partial charge >= 0.3 is 0 Å². The van der Waals surface area contributed by atoms with Crippen molar-refractivity contribution in [2.24, 2.45) is 0 Å². The first kappa shape index (κ1) is 12.2. The van der Waals surface area contributed by atoms with Crippen molar-refractivity contribution < 1.29 is 4.79 Å². The van der Waals surface area contributed by atoms with Crippen LogP contribution >= 0.6 is 0 Å². The summed E-state index contributed by atoms with van der Waals surface area (Å²) >= 11 is 0. The van der Waals surface area contributed by atoms with E-state index in [1.807, 2.05) is 10.0 Å². The zero-order valence-electron chi connectivity index (χ0n) is 9.73. The summed E-state index contributed by atoms with van der Waals surface area (Å²) in [5, 5.41) is 13.0. The molecule has 0 bridgehead atoms. The van der Waals surface area contributed by atoms with Crippen LogP contribution in [0.25, 0.3) is 0 Å². The van der Waals surface area contributed by atoms with Crippen molar-refractivity contribution in [3.63, 3.8) is 0 Å². The molecule has 4 heteroatoms. The minimum absolute atomic E-state index is 0.0656. The molecule has 0 unspecified atom stereocenters. The summed E-state index contributed by atoms with van der Waals surface area (Å²) in [4.78, 5) is 10.7. The lowest BCUT2D eigenvalue weighted by Gasteiger charge is -2.42. The molecule has 84 valence electrons. The average molecular weight is 209 g/mol. The van der Waals surface area contributed by atoms with E-state index in [-0.39, 0.29) is 11.6 Å². The van der Waals surface area contributed by atoms with Crippen molar-refractivity contribution in [1.29, 1.82) is 5.26 Å². The molecule has 0 radical (unpaired) electrons. The Morgan fingerprint density at radius 3 is 2.73 bits per heavy atom. The van der Waals surface area contributed by atoms with Gasteiger partial charge in [-0.25, -0.2) is 10.0 Å². The molecule has 1 saturated heterocycles. The van der Waals surface area contributed by atoms with Crippen LogP contribution in [0.1, 0.15) is 33.6 Å². The topological polar surface area (TPSA) is 47.3 Å². The quantitative estimate of drug-likeness (QED) is 0.655. The number of nitriles is 1. The van der Waals surface area contributed by atoms with Gasteiger partial charge in [-0.05, 0) is 33.6 Å². The van der Waals surface area contributed by atoms with Crippen molar-refractivity contribution in [2.75, 3.05) is 13.1 Å². The highest BCUT2D eigenvalue weighted by molar-refractivity contribution is 5.52. The normalized spacial score (nSPS) is 23.0. The van der Waals surface area contributed by atoms with E-state index in [9.17, 15) is 4.79 Å². The Morgan fingerprint density at radius 1 is 1.60 bits per heavy atom. The lowest BCUT2D eigenvalue weighted by molar-refractivity contribution is -0.124. The van der Waals surface area contributed by atoms with E-state index in [1.165, 1.54) is 0 Å². The number of nitrogens with zero attached hydrogens (tertiary/aromatic N) is 3. The third-order valence-corrected chi connectivity index (χ3v) is 2.71. The maximum absolute atomic E-state index is 10.7. The molecule has 1 heterocycles. The molecule has 0 aromatic rings. The number of rotatable bonds is 3. The van der Waals surface area contributed by atoms with Crippen LogP contribution in [0.2, 0.25) is 0 Å².